The minimum Gasteiger partial charge on any atom is -0.486 e. The van der Waals surface area contributed by atoms with Gasteiger partial charge in [0, 0.05) is 0 Å². The highest BCUT2D eigenvalue weighted by atomic mass is 16.5. The molecule has 0 spiro atoms. The topological polar surface area (TPSA) is 64.8 Å². The highest BCUT2D eigenvalue weighted by Crippen LogP contribution is 2.43. The van der Waals surface area contributed by atoms with Crippen LogP contribution in [0.4, 0.5) is 11.4 Å². The van der Waals surface area contributed by atoms with Gasteiger partial charge in [-0.2, -0.15) is 0 Å². The van der Waals surface area contributed by atoms with Gasteiger partial charge >= 0.3 is 5.97 Å². The number of nitrogens with zero attached hydrogens (tertiary/aromatic N) is 1. The first kappa shape index (κ1) is 16.5. The number of esters is 1. The molecule has 2 N–H and O–H groups in total. The van der Waals surface area contributed by atoms with Crippen molar-refractivity contribution in [2.75, 3.05) is 23.8 Å². The Balaban J connectivity index is 2.47. The Hall–Kier alpha value is -1.91. The normalized spacial score (nSPS) is 17.9. The molecule has 1 heterocycles. The number of ether oxygens (including phenoxy) is 2. The van der Waals surface area contributed by atoms with Crippen LogP contribution in [0.15, 0.2) is 18.2 Å². The molecular weight excluding hydrogens is 280 g/mol. The Morgan fingerprint density at radius 2 is 2.18 bits per heavy atom. The predicted octanol–water partition coefficient (Wildman–Crippen LogP) is 2.83. The molecule has 1 atom stereocenters. The molecule has 5 heteroatoms. The number of nitrogens with two attached hydrogens (primary N) is 1. The number of fused-ring (bicyclic) bond motifs is 1. The van der Waals surface area contributed by atoms with Crippen molar-refractivity contribution in [1.82, 2.24) is 0 Å². The molecule has 0 aromatic heterocycles. The van der Waals surface area contributed by atoms with E-state index in [0.29, 0.717) is 24.8 Å². The summed E-state index contributed by atoms with van der Waals surface area (Å²) >= 11 is 0. The summed E-state index contributed by atoms with van der Waals surface area (Å²) < 4.78 is 11.3. The third-order valence-electron chi connectivity index (χ3n) is 4.13. The molecule has 0 bridgehead atoms. The maximum Gasteiger partial charge on any atom is 0.331 e. The molecule has 0 fully saturated rings. The summed E-state index contributed by atoms with van der Waals surface area (Å²) in [6.07, 6.45) is 0.00278. The van der Waals surface area contributed by atoms with E-state index in [1.165, 1.54) is 0 Å². The first-order valence-electron chi connectivity index (χ1n) is 7.79. The average Bonchev–Trinajstić information content (AvgIpc) is 2.46. The lowest BCUT2D eigenvalue weighted by Crippen LogP contribution is -2.57. The molecule has 0 saturated carbocycles. The third-order valence-corrected chi connectivity index (χ3v) is 4.13. The number of anilines is 2. The average molecular weight is 306 g/mol. The van der Waals surface area contributed by atoms with Gasteiger partial charge < -0.3 is 20.1 Å². The maximum absolute atomic E-state index is 12.4. The first-order chi connectivity index (χ1) is 10.3. The van der Waals surface area contributed by atoms with Gasteiger partial charge in [0.1, 0.15) is 23.1 Å². The summed E-state index contributed by atoms with van der Waals surface area (Å²) in [6.45, 7) is 10.7. The van der Waals surface area contributed by atoms with Gasteiger partial charge in [0.15, 0.2) is 0 Å². The number of benzene rings is 1. The van der Waals surface area contributed by atoms with E-state index in [0.717, 1.165) is 11.4 Å². The Kier molecular flexibility index (Phi) is 4.54. The van der Waals surface area contributed by atoms with Crippen molar-refractivity contribution in [3.63, 3.8) is 0 Å². The van der Waals surface area contributed by atoms with E-state index in [4.69, 9.17) is 15.2 Å². The lowest BCUT2D eigenvalue weighted by molar-refractivity contribution is -0.148. The molecule has 1 aliphatic rings. The van der Waals surface area contributed by atoms with Gasteiger partial charge in [-0.1, -0.05) is 19.9 Å². The van der Waals surface area contributed by atoms with Crippen molar-refractivity contribution in [2.45, 2.75) is 46.3 Å². The largest absolute Gasteiger partial charge is 0.486 e. The number of carbonyl (C=O) groups excluding carboxylic acids is 1. The second-order valence-electron chi connectivity index (χ2n) is 6.48. The number of hydrogen-bond acceptors (Lipinski definition) is 5. The second kappa shape index (κ2) is 6.07. The Morgan fingerprint density at radius 1 is 1.50 bits per heavy atom. The molecule has 22 heavy (non-hydrogen) atoms. The van der Waals surface area contributed by atoms with E-state index in [1.54, 1.807) is 0 Å². The summed E-state index contributed by atoms with van der Waals surface area (Å²) in [6, 6.07) is 5.59. The highest BCUT2D eigenvalue weighted by Gasteiger charge is 2.42. The van der Waals surface area contributed by atoms with Crippen molar-refractivity contribution in [3.8, 4) is 5.75 Å². The summed E-state index contributed by atoms with van der Waals surface area (Å²) in [5, 5.41) is 0. The van der Waals surface area contributed by atoms with Crippen LogP contribution in [0.1, 0.15) is 34.6 Å². The molecule has 0 amide bonds. The van der Waals surface area contributed by atoms with Crippen LogP contribution in [0.2, 0.25) is 0 Å². The highest BCUT2D eigenvalue weighted by molar-refractivity contribution is 5.88. The van der Waals surface area contributed by atoms with E-state index in [1.807, 2.05) is 43.9 Å². The smallest absolute Gasteiger partial charge is 0.331 e. The number of nitrogen functional groups attached to an aromatic ring is 1. The predicted molar refractivity (Wildman–Crippen MR) is 88.2 cm³/mol. The number of rotatable bonds is 4. The van der Waals surface area contributed by atoms with E-state index < -0.39 is 5.54 Å². The van der Waals surface area contributed by atoms with Crippen LogP contribution in [-0.4, -0.2) is 30.8 Å². The second-order valence-corrected chi connectivity index (χ2v) is 6.48. The van der Waals surface area contributed by atoms with Crippen LogP contribution in [0.5, 0.6) is 5.75 Å². The summed E-state index contributed by atoms with van der Waals surface area (Å²) in [7, 11) is 0. The number of hydrogen-bond donors (Lipinski definition) is 1. The standard InChI is InChI=1S/C17H26N2O3/c1-6-21-16(20)17(4,5)19-10-14(11(2)3)22-13-9-7-8-12(18)15(13)19/h7-9,11,14H,6,10,18H2,1-5H3. The molecule has 5 nitrogen and oxygen atoms in total. The Bertz CT molecular complexity index is 555. The van der Waals surface area contributed by atoms with E-state index >= 15 is 0 Å². The number of carbonyl (C=O) groups is 1. The van der Waals surface area contributed by atoms with E-state index in [9.17, 15) is 4.79 Å². The fraction of sp³-hybridized carbons (Fsp3) is 0.588. The lowest BCUT2D eigenvalue weighted by atomic mass is 9.96. The molecule has 1 aliphatic heterocycles. The molecule has 0 aliphatic carbocycles. The van der Waals surface area contributed by atoms with Crippen molar-refractivity contribution < 1.29 is 14.3 Å². The molecular formula is C17H26N2O3. The van der Waals surface area contributed by atoms with Crippen LogP contribution in [-0.2, 0) is 9.53 Å². The fourth-order valence-electron chi connectivity index (χ4n) is 2.67. The van der Waals surface area contributed by atoms with Crippen molar-refractivity contribution in [1.29, 1.82) is 0 Å². The molecule has 0 radical (unpaired) electrons. The van der Waals surface area contributed by atoms with Gasteiger partial charge in [-0.05, 0) is 38.8 Å². The number of para-hydroxylation sites is 1. The van der Waals surface area contributed by atoms with Crippen molar-refractivity contribution in [2.24, 2.45) is 5.92 Å². The Labute approximate surface area is 132 Å². The molecule has 1 unspecified atom stereocenters. The van der Waals surface area contributed by atoms with Crippen LogP contribution in [0, 0.1) is 5.92 Å². The van der Waals surface area contributed by atoms with Crippen LogP contribution < -0.4 is 15.4 Å². The van der Waals surface area contributed by atoms with E-state index in [-0.39, 0.29) is 12.1 Å². The zero-order valence-electron chi connectivity index (χ0n) is 14.1. The van der Waals surface area contributed by atoms with Gasteiger partial charge in [0.05, 0.1) is 18.8 Å². The minimum atomic E-state index is -0.808. The van der Waals surface area contributed by atoms with Crippen molar-refractivity contribution >= 4 is 17.3 Å². The SMILES string of the molecule is CCOC(=O)C(C)(C)N1CC(C(C)C)Oc2cccc(N)c21. The molecule has 1 aromatic rings. The van der Waals surface area contributed by atoms with E-state index in [2.05, 4.69) is 13.8 Å². The summed E-state index contributed by atoms with van der Waals surface area (Å²) in [5.74, 6) is 0.797. The first-order valence-corrected chi connectivity index (χ1v) is 7.79. The maximum atomic E-state index is 12.4. The zero-order chi connectivity index (χ0) is 16.5. The monoisotopic (exact) mass is 306 g/mol. The van der Waals surface area contributed by atoms with Gasteiger partial charge in [-0.25, -0.2) is 4.79 Å². The molecule has 2 rings (SSSR count). The quantitative estimate of drug-likeness (QED) is 0.684. The minimum absolute atomic E-state index is 0.00278. The summed E-state index contributed by atoms with van der Waals surface area (Å²) in [5.41, 5.74) is 6.73. The molecule has 1 aromatic carbocycles. The Morgan fingerprint density at radius 3 is 2.77 bits per heavy atom. The zero-order valence-corrected chi connectivity index (χ0v) is 14.1. The molecule has 122 valence electrons. The van der Waals surface area contributed by atoms with Crippen molar-refractivity contribution in [3.05, 3.63) is 18.2 Å². The van der Waals surface area contributed by atoms with Gasteiger partial charge in [-0.3, -0.25) is 0 Å². The van der Waals surface area contributed by atoms with Gasteiger partial charge in [-0.15, -0.1) is 0 Å². The van der Waals surface area contributed by atoms with Gasteiger partial charge in [0.2, 0.25) is 0 Å². The fourth-order valence-corrected chi connectivity index (χ4v) is 2.67. The summed E-state index contributed by atoms with van der Waals surface area (Å²) in [4.78, 5) is 14.4. The lowest BCUT2D eigenvalue weighted by Gasteiger charge is -2.45. The molecule has 0 saturated heterocycles. The van der Waals surface area contributed by atoms with Crippen LogP contribution in [0.3, 0.4) is 0 Å². The van der Waals surface area contributed by atoms with Crippen LogP contribution in [0.25, 0.3) is 0 Å². The van der Waals surface area contributed by atoms with Gasteiger partial charge in [0.25, 0.3) is 0 Å². The third kappa shape index (κ3) is 2.85. The van der Waals surface area contributed by atoms with Crippen LogP contribution >= 0.6 is 0 Å².